The Kier molecular flexibility index (Phi) is 4.36. The Bertz CT molecular complexity index is 561. The van der Waals surface area contributed by atoms with E-state index in [1.807, 2.05) is 0 Å². The monoisotopic (exact) mass is 293 g/mol. The molecule has 1 aromatic rings. The highest BCUT2D eigenvalue weighted by molar-refractivity contribution is 8.15. The molecule has 1 atom stereocenters. The van der Waals surface area contributed by atoms with Gasteiger partial charge in [-0.15, -0.1) is 0 Å². The molecule has 1 aromatic carbocycles. The number of imide groups is 1. The van der Waals surface area contributed by atoms with Gasteiger partial charge in [-0.2, -0.15) is 0 Å². The van der Waals surface area contributed by atoms with Crippen LogP contribution in [0.5, 0.6) is 0 Å². The molecule has 8 heteroatoms. The zero-order valence-corrected chi connectivity index (χ0v) is 11.0. The fourth-order valence-corrected chi connectivity index (χ4v) is 2.35. The Balaban J connectivity index is 1.80. The maximum atomic E-state index is 11.6. The molecule has 7 nitrogen and oxygen atoms in total. The number of hydrazine groups is 1. The third-order valence-electron chi connectivity index (χ3n) is 2.49. The lowest BCUT2D eigenvalue weighted by atomic mass is 10.2. The highest BCUT2D eigenvalue weighted by Gasteiger charge is 2.33. The van der Waals surface area contributed by atoms with Gasteiger partial charge < -0.3 is 0 Å². The molecule has 1 heterocycles. The van der Waals surface area contributed by atoms with Crippen molar-refractivity contribution in [2.24, 2.45) is 0 Å². The maximum Gasteiger partial charge on any atom is 0.286 e. The molecule has 0 radical (unpaired) electrons. The van der Waals surface area contributed by atoms with E-state index in [2.05, 4.69) is 16.2 Å². The lowest BCUT2D eigenvalue weighted by Gasteiger charge is -2.08. The first-order chi connectivity index (χ1) is 9.56. The quantitative estimate of drug-likeness (QED) is 0.690. The topological polar surface area (TPSA) is 104 Å². The molecule has 20 heavy (non-hydrogen) atoms. The third kappa shape index (κ3) is 3.58. The number of thioether (sulfide) groups is 1. The number of nitrogens with one attached hydrogen (secondary N) is 3. The molecule has 3 N–H and O–H groups in total. The highest BCUT2D eigenvalue weighted by Crippen LogP contribution is 2.21. The smallest absolute Gasteiger partial charge is 0.286 e. The summed E-state index contributed by atoms with van der Waals surface area (Å²) in [6, 6.07) is 8.35. The predicted octanol–water partition coefficient (Wildman–Crippen LogP) is 0.189. The summed E-state index contributed by atoms with van der Waals surface area (Å²) in [5, 5.41) is 0.856. The zero-order chi connectivity index (χ0) is 14.5. The second-order valence-corrected chi connectivity index (χ2v) is 5.13. The highest BCUT2D eigenvalue weighted by atomic mass is 32.2. The first kappa shape index (κ1) is 14.1. The average Bonchev–Trinajstić information content (AvgIpc) is 2.75. The summed E-state index contributed by atoms with van der Waals surface area (Å²) in [6.45, 7) is 0. The van der Waals surface area contributed by atoms with Crippen LogP contribution in [-0.2, 0) is 9.59 Å². The van der Waals surface area contributed by atoms with Crippen LogP contribution < -0.4 is 16.2 Å². The van der Waals surface area contributed by atoms with Gasteiger partial charge in [0.15, 0.2) is 0 Å². The van der Waals surface area contributed by atoms with Gasteiger partial charge in [-0.05, 0) is 12.1 Å². The molecule has 1 aliphatic rings. The Morgan fingerprint density at radius 1 is 1.15 bits per heavy atom. The van der Waals surface area contributed by atoms with Crippen molar-refractivity contribution in [1.29, 1.82) is 0 Å². The Labute approximate surface area is 118 Å². The third-order valence-corrected chi connectivity index (χ3v) is 3.47. The summed E-state index contributed by atoms with van der Waals surface area (Å²) in [4.78, 5) is 45.4. The van der Waals surface area contributed by atoms with Crippen molar-refractivity contribution in [1.82, 2.24) is 16.2 Å². The molecule has 0 aromatic heterocycles. The van der Waals surface area contributed by atoms with Crippen LogP contribution in [0.25, 0.3) is 0 Å². The van der Waals surface area contributed by atoms with E-state index in [1.165, 1.54) is 0 Å². The van der Waals surface area contributed by atoms with Crippen LogP contribution in [-0.4, -0.2) is 28.2 Å². The number of carbonyl (C=O) groups excluding carboxylic acids is 4. The molecular weight excluding hydrogens is 282 g/mol. The first-order valence-electron chi connectivity index (χ1n) is 5.72. The van der Waals surface area contributed by atoms with E-state index in [0.717, 1.165) is 11.8 Å². The fraction of sp³-hybridized carbons (Fsp3) is 0.167. The van der Waals surface area contributed by atoms with Crippen LogP contribution in [0.3, 0.4) is 0 Å². The summed E-state index contributed by atoms with van der Waals surface area (Å²) in [5.74, 6) is -1.50. The minimum Gasteiger partial charge on any atom is -0.286 e. The summed E-state index contributed by atoms with van der Waals surface area (Å²) in [6.07, 6.45) is -0.183. The van der Waals surface area contributed by atoms with Crippen molar-refractivity contribution in [3.05, 3.63) is 35.9 Å². The van der Waals surface area contributed by atoms with E-state index in [1.54, 1.807) is 30.3 Å². The number of hydrogen-bond acceptors (Lipinski definition) is 5. The summed E-state index contributed by atoms with van der Waals surface area (Å²) >= 11 is 0.760. The van der Waals surface area contributed by atoms with Gasteiger partial charge >= 0.3 is 0 Å². The number of benzene rings is 1. The molecule has 1 aliphatic heterocycles. The van der Waals surface area contributed by atoms with Crippen molar-refractivity contribution >= 4 is 34.7 Å². The Morgan fingerprint density at radius 2 is 1.85 bits per heavy atom. The molecule has 0 bridgehead atoms. The van der Waals surface area contributed by atoms with Gasteiger partial charge in [0.25, 0.3) is 11.1 Å². The number of amides is 4. The molecule has 1 saturated heterocycles. The first-order valence-corrected chi connectivity index (χ1v) is 6.60. The molecule has 0 spiro atoms. The van der Waals surface area contributed by atoms with E-state index in [0.29, 0.717) is 5.56 Å². The molecule has 0 unspecified atom stereocenters. The van der Waals surface area contributed by atoms with Crippen molar-refractivity contribution in [2.75, 3.05) is 0 Å². The van der Waals surface area contributed by atoms with Crippen LogP contribution in [0, 0.1) is 0 Å². The van der Waals surface area contributed by atoms with Gasteiger partial charge in [0.1, 0.15) is 5.25 Å². The summed E-state index contributed by atoms with van der Waals surface area (Å²) in [5.41, 5.74) is 4.83. The van der Waals surface area contributed by atoms with Gasteiger partial charge in [0.2, 0.25) is 11.8 Å². The summed E-state index contributed by atoms with van der Waals surface area (Å²) in [7, 11) is 0. The van der Waals surface area contributed by atoms with Crippen molar-refractivity contribution in [3.63, 3.8) is 0 Å². The van der Waals surface area contributed by atoms with Crippen molar-refractivity contribution < 1.29 is 19.2 Å². The molecule has 1 fully saturated rings. The van der Waals surface area contributed by atoms with Crippen molar-refractivity contribution in [3.8, 4) is 0 Å². The molecule has 104 valence electrons. The van der Waals surface area contributed by atoms with Crippen LogP contribution in [0.4, 0.5) is 4.79 Å². The van der Waals surface area contributed by atoms with Crippen LogP contribution in [0.2, 0.25) is 0 Å². The second-order valence-electron chi connectivity index (χ2n) is 3.96. The van der Waals surface area contributed by atoms with Crippen molar-refractivity contribution in [2.45, 2.75) is 11.7 Å². The van der Waals surface area contributed by atoms with Crippen LogP contribution >= 0.6 is 11.8 Å². The van der Waals surface area contributed by atoms with E-state index in [-0.39, 0.29) is 6.42 Å². The van der Waals surface area contributed by atoms with E-state index in [9.17, 15) is 19.2 Å². The van der Waals surface area contributed by atoms with Crippen LogP contribution in [0.15, 0.2) is 30.3 Å². The van der Waals surface area contributed by atoms with E-state index < -0.39 is 28.2 Å². The minimum absolute atomic E-state index is 0.183. The van der Waals surface area contributed by atoms with Gasteiger partial charge in [-0.25, -0.2) is 0 Å². The largest absolute Gasteiger partial charge is 0.286 e. The standard InChI is InChI=1S/C12H11N3O4S/c16-9(6-8-11(18)13-12(19)20-8)14-15-10(17)7-4-2-1-3-5-7/h1-5,8H,6H2,(H,14,16)(H,15,17)(H,13,18,19)/t8-/m0/s1. The normalized spacial score (nSPS) is 17.5. The maximum absolute atomic E-state index is 11.6. The number of rotatable bonds is 3. The average molecular weight is 293 g/mol. The second kappa shape index (κ2) is 6.20. The molecule has 0 aliphatic carbocycles. The zero-order valence-electron chi connectivity index (χ0n) is 10.2. The Hall–Kier alpha value is -2.35. The fourth-order valence-electron chi connectivity index (χ4n) is 1.54. The van der Waals surface area contributed by atoms with Gasteiger partial charge in [-0.3, -0.25) is 35.3 Å². The minimum atomic E-state index is -0.754. The summed E-state index contributed by atoms with van der Waals surface area (Å²) < 4.78 is 0. The molecular formula is C12H11N3O4S. The molecule has 0 saturated carbocycles. The van der Waals surface area contributed by atoms with Gasteiger partial charge in [0, 0.05) is 12.0 Å². The lowest BCUT2D eigenvalue weighted by Crippen LogP contribution is -2.43. The van der Waals surface area contributed by atoms with E-state index >= 15 is 0 Å². The number of carbonyl (C=O) groups is 4. The van der Waals surface area contributed by atoms with Gasteiger partial charge in [-0.1, -0.05) is 30.0 Å². The van der Waals surface area contributed by atoms with Gasteiger partial charge in [0.05, 0.1) is 0 Å². The molecule has 2 rings (SSSR count). The lowest BCUT2D eigenvalue weighted by molar-refractivity contribution is -0.125. The van der Waals surface area contributed by atoms with E-state index in [4.69, 9.17) is 0 Å². The SMILES string of the molecule is O=C(C[C@@H]1SC(=O)NC1=O)NNC(=O)c1ccccc1. The van der Waals surface area contributed by atoms with Crippen LogP contribution in [0.1, 0.15) is 16.8 Å². The molecule has 4 amide bonds. The number of hydrogen-bond donors (Lipinski definition) is 3. The Morgan fingerprint density at radius 3 is 2.45 bits per heavy atom. The predicted molar refractivity (Wildman–Crippen MR) is 71.6 cm³/mol.